The van der Waals surface area contributed by atoms with Crippen LogP contribution < -0.4 is 25.6 Å². The number of fused-ring (bicyclic) bond motifs is 11. The topological polar surface area (TPSA) is 140 Å². The van der Waals surface area contributed by atoms with E-state index in [4.69, 9.17) is 4.74 Å². The molecular weight excluding hydrogens is 598 g/mol. The number of carbonyl (C=O) groups excluding carboxylic acids is 4. The van der Waals surface area contributed by atoms with Crippen LogP contribution in [0.25, 0.3) is 0 Å². The number of aryl methyl sites for hydroxylation is 1. The molecule has 6 rings (SSSR count). The maximum Gasteiger partial charge on any atom is 0.255 e. The van der Waals surface area contributed by atoms with E-state index in [0.717, 1.165) is 24.2 Å². The zero-order valence-corrected chi connectivity index (χ0v) is 27.3. The van der Waals surface area contributed by atoms with Crippen LogP contribution in [0.1, 0.15) is 48.7 Å². The molecule has 47 heavy (non-hydrogen) atoms. The summed E-state index contributed by atoms with van der Waals surface area (Å²) >= 11 is 0. The SMILES string of the molecule is Cc1ccccc1N1CCCN(C(=O)[C@@H]2Cc3ccc(cc3)Oc3ccc(O)c(c3)C(=O)N[C@@H](C(C)C)C(=O)N[C@@H](C)C(=O)N2)CC1. The number of nitrogens with one attached hydrogen (secondary N) is 3. The normalized spacial score (nSPS) is 21.1. The summed E-state index contributed by atoms with van der Waals surface area (Å²) < 4.78 is 5.97. The van der Waals surface area contributed by atoms with Gasteiger partial charge in [-0.05, 0) is 73.7 Å². The number of rotatable bonds is 3. The van der Waals surface area contributed by atoms with Gasteiger partial charge < -0.3 is 35.6 Å². The zero-order chi connectivity index (χ0) is 33.7. The molecule has 11 heteroatoms. The standard InChI is InChI=1S/C36H43N5O6/c1-22(2)32-35(45)37-24(4)33(43)38-29(36(46)41-17-7-16-40(18-19-41)30-9-6-5-8-23(30)3)20-25-10-12-26(13-11-25)47-27-14-15-31(42)28(21-27)34(44)39-32/h5-6,8-15,21-22,24,29,32,42H,7,16-20H2,1-4H3,(H,37,45)(H,38,43)(H,39,44)/t24-,29-,32-/m0/s1. The Bertz CT molecular complexity index is 1620. The Morgan fingerprint density at radius 3 is 2.32 bits per heavy atom. The summed E-state index contributed by atoms with van der Waals surface area (Å²) in [4.78, 5) is 58.2. The van der Waals surface area contributed by atoms with E-state index in [2.05, 4.69) is 39.9 Å². The molecule has 11 nitrogen and oxygen atoms in total. The van der Waals surface area contributed by atoms with E-state index in [-0.39, 0.29) is 29.6 Å². The molecule has 3 heterocycles. The molecule has 0 saturated carbocycles. The Morgan fingerprint density at radius 2 is 1.60 bits per heavy atom. The van der Waals surface area contributed by atoms with Gasteiger partial charge in [0.2, 0.25) is 17.7 Å². The predicted molar refractivity (Wildman–Crippen MR) is 179 cm³/mol. The molecule has 0 aromatic heterocycles. The van der Waals surface area contributed by atoms with Gasteiger partial charge >= 0.3 is 0 Å². The summed E-state index contributed by atoms with van der Waals surface area (Å²) in [6.45, 7) is 9.68. The van der Waals surface area contributed by atoms with E-state index in [0.29, 0.717) is 31.1 Å². The van der Waals surface area contributed by atoms with Gasteiger partial charge in [0.05, 0.1) is 5.56 Å². The van der Waals surface area contributed by atoms with Crippen molar-refractivity contribution >= 4 is 29.3 Å². The molecule has 0 spiro atoms. The van der Waals surface area contributed by atoms with E-state index in [1.807, 2.05) is 29.2 Å². The van der Waals surface area contributed by atoms with Crippen molar-refractivity contribution in [3.05, 3.63) is 83.4 Å². The summed E-state index contributed by atoms with van der Waals surface area (Å²) in [5.74, 6) is -1.74. The molecule has 4 N–H and O–H groups in total. The highest BCUT2D eigenvalue weighted by Gasteiger charge is 2.32. The van der Waals surface area contributed by atoms with Gasteiger partial charge in [0, 0.05) is 38.3 Å². The number of amides is 4. The molecule has 4 amide bonds. The molecule has 3 atom stereocenters. The zero-order valence-electron chi connectivity index (χ0n) is 27.3. The van der Waals surface area contributed by atoms with E-state index >= 15 is 0 Å². The fourth-order valence-electron chi connectivity index (χ4n) is 5.96. The Hall–Kier alpha value is -5.06. The van der Waals surface area contributed by atoms with Crippen molar-refractivity contribution < 1.29 is 29.0 Å². The summed E-state index contributed by atoms with van der Waals surface area (Å²) in [5, 5.41) is 18.7. The lowest BCUT2D eigenvalue weighted by Crippen LogP contribution is -2.57. The summed E-state index contributed by atoms with van der Waals surface area (Å²) in [6.07, 6.45) is 1.01. The molecule has 4 bridgehead atoms. The third kappa shape index (κ3) is 8.03. The van der Waals surface area contributed by atoms with Gasteiger partial charge in [0.1, 0.15) is 35.4 Å². The van der Waals surface area contributed by atoms with Gasteiger partial charge in [-0.3, -0.25) is 19.2 Å². The third-order valence-corrected chi connectivity index (χ3v) is 8.68. The van der Waals surface area contributed by atoms with E-state index < -0.39 is 35.8 Å². The lowest BCUT2D eigenvalue weighted by atomic mass is 10.0. The monoisotopic (exact) mass is 641 g/mol. The van der Waals surface area contributed by atoms with Crippen LogP contribution in [-0.2, 0) is 20.8 Å². The maximum absolute atomic E-state index is 14.1. The van der Waals surface area contributed by atoms with Crippen molar-refractivity contribution in [1.29, 1.82) is 0 Å². The second-order valence-electron chi connectivity index (χ2n) is 12.6. The summed E-state index contributed by atoms with van der Waals surface area (Å²) in [6, 6.07) is 16.8. The number of para-hydroxylation sites is 1. The number of hydrogen-bond donors (Lipinski definition) is 4. The average molecular weight is 642 g/mol. The van der Waals surface area contributed by atoms with Gasteiger partial charge in [-0.2, -0.15) is 0 Å². The van der Waals surface area contributed by atoms with Crippen molar-refractivity contribution in [3.63, 3.8) is 0 Å². The van der Waals surface area contributed by atoms with Gasteiger partial charge in [0.15, 0.2) is 0 Å². The number of hydrogen-bond acceptors (Lipinski definition) is 7. The van der Waals surface area contributed by atoms with Crippen LogP contribution in [0.3, 0.4) is 0 Å². The first-order valence-electron chi connectivity index (χ1n) is 16.1. The molecule has 3 aromatic carbocycles. The van der Waals surface area contributed by atoms with Crippen molar-refractivity contribution in [2.24, 2.45) is 5.92 Å². The van der Waals surface area contributed by atoms with Crippen LogP contribution in [-0.4, -0.2) is 77.9 Å². The lowest BCUT2D eigenvalue weighted by molar-refractivity contribution is -0.137. The summed E-state index contributed by atoms with van der Waals surface area (Å²) in [5.41, 5.74) is 3.08. The molecule has 248 valence electrons. The Labute approximate surface area is 275 Å². The first-order valence-corrected chi connectivity index (χ1v) is 16.1. The van der Waals surface area contributed by atoms with Crippen molar-refractivity contribution in [3.8, 4) is 17.2 Å². The molecule has 3 aromatic rings. The number of carbonyl (C=O) groups is 4. The minimum absolute atomic E-state index is 0.0543. The molecule has 0 aliphatic carbocycles. The number of phenolic OH excluding ortho intramolecular Hbond substituents is 1. The number of aromatic hydroxyl groups is 1. The number of phenols is 1. The fraction of sp³-hybridized carbons (Fsp3) is 0.389. The fourth-order valence-corrected chi connectivity index (χ4v) is 5.96. The highest BCUT2D eigenvalue weighted by Crippen LogP contribution is 2.28. The van der Waals surface area contributed by atoms with Crippen molar-refractivity contribution in [2.75, 3.05) is 31.1 Å². The van der Waals surface area contributed by atoms with Gasteiger partial charge in [0.25, 0.3) is 5.91 Å². The van der Waals surface area contributed by atoms with Crippen LogP contribution in [0.4, 0.5) is 5.69 Å². The molecule has 1 fully saturated rings. The quantitative estimate of drug-likeness (QED) is 0.321. The smallest absolute Gasteiger partial charge is 0.255 e. The molecular formula is C36H43N5O6. The minimum Gasteiger partial charge on any atom is -0.507 e. The largest absolute Gasteiger partial charge is 0.507 e. The maximum atomic E-state index is 14.1. The Morgan fingerprint density at radius 1 is 0.872 bits per heavy atom. The first-order chi connectivity index (χ1) is 22.5. The van der Waals surface area contributed by atoms with Crippen LogP contribution >= 0.6 is 0 Å². The van der Waals surface area contributed by atoms with E-state index in [1.54, 1.807) is 39.0 Å². The lowest BCUT2D eigenvalue weighted by Gasteiger charge is -2.29. The van der Waals surface area contributed by atoms with E-state index in [1.165, 1.54) is 17.7 Å². The second kappa shape index (κ2) is 14.6. The van der Waals surface area contributed by atoms with Crippen molar-refractivity contribution in [1.82, 2.24) is 20.9 Å². The van der Waals surface area contributed by atoms with Crippen LogP contribution in [0.15, 0.2) is 66.7 Å². The molecule has 1 saturated heterocycles. The molecule has 3 aliphatic rings. The number of benzene rings is 3. The third-order valence-electron chi connectivity index (χ3n) is 8.68. The van der Waals surface area contributed by atoms with Gasteiger partial charge in [-0.1, -0.05) is 44.2 Å². The second-order valence-corrected chi connectivity index (χ2v) is 12.6. The number of nitrogens with zero attached hydrogens (tertiary/aromatic N) is 2. The van der Waals surface area contributed by atoms with Crippen LogP contribution in [0.2, 0.25) is 0 Å². The Balaban J connectivity index is 1.41. The predicted octanol–water partition coefficient (Wildman–Crippen LogP) is 3.53. The molecule has 0 radical (unpaired) electrons. The minimum atomic E-state index is -1.00. The van der Waals surface area contributed by atoms with Crippen LogP contribution in [0, 0.1) is 12.8 Å². The van der Waals surface area contributed by atoms with Gasteiger partial charge in [-0.25, -0.2) is 0 Å². The van der Waals surface area contributed by atoms with Crippen molar-refractivity contribution in [2.45, 2.75) is 58.7 Å². The Kier molecular flexibility index (Phi) is 10.3. The van der Waals surface area contributed by atoms with E-state index in [9.17, 15) is 24.3 Å². The first kappa shape index (κ1) is 33.3. The molecule has 3 aliphatic heterocycles. The highest BCUT2D eigenvalue weighted by atomic mass is 16.5. The number of ether oxygens (including phenoxy) is 1. The summed E-state index contributed by atoms with van der Waals surface area (Å²) in [7, 11) is 0. The average Bonchev–Trinajstić information content (AvgIpc) is 3.30. The molecule has 0 unspecified atom stereocenters. The van der Waals surface area contributed by atoms with Crippen LogP contribution in [0.5, 0.6) is 17.2 Å². The number of anilines is 1. The van der Waals surface area contributed by atoms with Gasteiger partial charge in [-0.15, -0.1) is 0 Å². The highest BCUT2D eigenvalue weighted by molar-refractivity contribution is 6.00.